The van der Waals surface area contributed by atoms with Gasteiger partial charge in [-0.15, -0.1) is 0 Å². The Morgan fingerprint density at radius 2 is 1.88 bits per heavy atom. The molecule has 0 radical (unpaired) electrons. The van der Waals surface area contributed by atoms with Crippen LogP contribution in [-0.2, 0) is 15.9 Å². The van der Waals surface area contributed by atoms with Crippen molar-refractivity contribution in [2.75, 3.05) is 21.3 Å². The lowest BCUT2D eigenvalue weighted by atomic mass is 9.95. The largest absolute Gasteiger partial charge is 0.497 e. The Bertz CT molecular complexity index is 345. The van der Waals surface area contributed by atoms with E-state index in [9.17, 15) is 5.11 Å². The fraction of sp³-hybridized carbons (Fsp3) is 0.538. The quantitative estimate of drug-likeness (QED) is 0.767. The van der Waals surface area contributed by atoms with Gasteiger partial charge in [0.05, 0.1) is 7.11 Å². The molecule has 0 heterocycles. The number of benzene rings is 1. The van der Waals surface area contributed by atoms with Crippen LogP contribution < -0.4 is 4.74 Å². The molecule has 1 N–H and O–H groups in total. The van der Waals surface area contributed by atoms with Gasteiger partial charge in [0.25, 0.3) is 0 Å². The molecular weight excluding hydrogens is 220 g/mol. The minimum atomic E-state index is -1.09. The van der Waals surface area contributed by atoms with Gasteiger partial charge in [-0.05, 0) is 24.6 Å². The van der Waals surface area contributed by atoms with E-state index in [1.54, 1.807) is 14.0 Å². The molecule has 4 nitrogen and oxygen atoms in total. The standard InChI is InChI=1S/C13H20O4/c1-13(14,12(16-3)17-4)9-10-6-5-7-11(8-10)15-2/h5-8,12,14H,9H2,1-4H3. The highest BCUT2D eigenvalue weighted by Gasteiger charge is 2.32. The fourth-order valence-electron chi connectivity index (χ4n) is 1.88. The van der Waals surface area contributed by atoms with Crippen LogP contribution in [0.4, 0.5) is 0 Å². The van der Waals surface area contributed by atoms with Gasteiger partial charge >= 0.3 is 0 Å². The highest BCUT2D eigenvalue weighted by atomic mass is 16.7. The molecule has 1 aromatic carbocycles. The van der Waals surface area contributed by atoms with Crippen molar-refractivity contribution in [2.24, 2.45) is 0 Å². The summed E-state index contributed by atoms with van der Waals surface area (Å²) in [5.74, 6) is 0.768. The average molecular weight is 240 g/mol. The first-order valence-corrected chi connectivity index (χ1v) is 5.44. The second-order valence-corrected chi connectivity index (χ2v) is 4.19. The zero-order chi connectivity index (χ0) is 12.9. The molecule has 1 atom stereocenters. The lowest BCUT2D eigenvalue weighted by Gasteiger charge is -2.30. The van der Waals surface area contributed by atoms with E-state index >= 15 is 0 Å². The summed E-state index contributed by atoms with van der Waals surface area (Å²) in [4.78, 5) is 0. The van der Waals surface area contributed by atoms with Crippen molar-refractivity contribution in [3.63, 3.8) is 0 Å². The van der Waals surface area contributed by atoms with Crippen LogP contribution >= 0.6 is 0 Å². The van der Waals surface area contributed by atoms with Gasteiger partial charge in [0.15, 0.2) is 6.29 Å². The van der Waals surface area contributed by atoms with Crippen LogP contribution in [0, 0.1) is 0 Å². The molecule has 96 valence electrons. The summed E-state index contributed by atoms with van der Waals surface area (Å²) in [6, 6.07) is 7.57. The SMILES string of the molecule is COc1cccc(CC(C)(O)C(OC)OC)c1. The van der Waals surface area contributed by atoms with E-state index in [2.05, 4.69) is 0 Å². The summed E-state index contributed by atoms with van der Waals surface area (Å²) in [6.45, 7) is 1.68. The summed E-state index contributed by atoms with van der Waals surface area (Å²) in [6.07, 6.45) is -0.231. The van der Waals surface area contributed by atoms with E-state index in [1.165, 1.54) is 14.2 Å². The second-order valence-electron chi connectivity index (χ2n) is 4.19. The Kier molecular flexibility index (Phi) is 4.93. The van der Waals surface area contributed by atoms with Crippen LogP contribution in [0.2, 0.25) is 0 Å². The van der Waals surface area contributed by atoms with Crippen molar-refractivity contribution in [3.8, 4) is 5.75 Å². The maximum Gasteiger partial charge on any atom is 0.185 e. The van der Waals surface area contributed by atoms with Crippen molar-refractivity contribution in [1.29, 1.82) is 0 Å². The van der Waals surface area contributed by atoms with Gasteiger partial charge in [-0.2, -0.15) is 0 Å². The Labute approximate surface area is 102 Å². The molecule has 1 unspecified atom stereocenters. The molecule has 1 aromatic rings. The summed E-state index contributed by atoms with van der Waals surface area (Å²) >= 11 is 0. The van der Waals surface area contributed by atoms with E-state index in [1.807, 2.05) is 24.3 Å². The summed E-state index contributed by atoms with van der Waals surface area (Å²) in [7, 11) is 4.63. The maximum absolute atomic E-state index is 10.3. The van der Waals surface area contributed by atoms with Gasteiger partial charge in [-0.25, -0.2) is 0 Å². The molecule has 0 aliphatic carbocycles. The molecule has 0 amide bonds. The number of rotatable bonds is 6. The van der Waals surface area contributed by atoms with E-state index in [0.29, 0.717) is 6.42 Å². The van der Waals surface area contributed by atoms with Crippen molar-refractivity contribution < 1.29 is 19.3 Å². The third kappa shape index (κ3) is 3.70. The van der Waals surface area contributed by atoms with Gasteiger partial charge in [0.2, 0.25) is 0 Å². The Morgan fingerprint density at radius 1 is 1.24 bits per heavy atom. The van der Waals surface area contributed by atoms with Crippen LogP contribution in [0.3, 0.4) is 0 Å². The van der Waals surface area contributed by atoms with E-state index < -0.39 is 11.9 Å². The van der Waals surface area contributed by atoms with E-state index in [0.717, 1.165) is 11.3 Å². The molecule has 4 heteroatoms. The molecule has 0 aliphatic rings. The third-order valence-corrected chi connectivity index (χ3v) is 2.63. The molecule has 0 saturated heterocycles. The number of ether oxygens (including phenoxy) is 3. The fourth-order valence-corrected chi connectivity index (χ4v) is 1.88. The molecule has 0 saturated carbocycles. The molecule has 0 spiro atoms. The third-order valence-electron chi connectivity index (χ3n) is 2.63. The van der Waals surface area contributed by atoms with Gasteiger partial charge in [0, 0.05) is 20.6 Å². The van der Waals surface area contributed by atoms with Crippen molar-refractivity contribution in [1.82, 2.24) is 0 Å². The number of methoxy groups -OCH3 is 3. The van der Waals surface area contributed by atoms with E-state index in [4.69, 9.17) is 14.2 Å². The Morgan fingerprint density at radius 3 is 2.41 bits per heavy atom. The first kappa shape index (κ1) is 14.0. The minimum absolute atomic E-state index is 0.427. The highest BCUT2D eigenvalue weighted by molar-refractivity contribution is 5.29. The molecule has 1 rings (SSSR count). The monoisotopic (exact) mass is 240 g/mol. The number of hydrogen-bond acceptors (Lipinski definition) is 4. The molecule has 0 fully saturated rings. The predicted octanol–water partition coefficient (Wildman–Crippen LogP) is 1.61. The minimum Gasteiger partial charge on any atom is -0.497 e. The second kappa shape index (κ2) is 6.00. The lowest BCUT2D eigenvalue weighted by molar-refractivity contribution is -0.207. The summed E-state index contributed by atoms with van der Waals surface area (Å²) < 4.78 is 15.3. The molecule has 0 aliphatic heterocycles. The normalized spacial score (nSPS) is 14.7. The lowest BCUT2D eigenvalue weighted by Crippen LogP contribution is -2.43. The Balaban J connectivity index is 2.81. The summed E-state index contributed by atoms with van der Waals surface area (Å²) in [5, 5.41) is 10.3. The molecular formula is C13H20O4. The zero-order valence-electron chi connectivity index (χ0n) is 10.8. The van der Waals surface area contributed by atoms with Crippen molar-refractivity contribution in [2.45, 2.75) is 25.2 Å². The summed E-state index contributed by atoms with van der Waals surface area (Å²) in [5.41, 5.74) is -0.121. The van der Waals surface area contributed by atoms with Crippen LogP contribution in [0.5, 0.6) is 5.75 Å². The average Bonchev–Trinajstić information content (AvgIpc) is 2.29. The van der Waals surface area contributed by atoms with Crippen molar-refractivity contribution in [3.05, 3.63) is 29.8 Å². The molecule has 17 heavy (non-hydrogen) atoms. The smallest absolute Gasteiger partial charge is 0.185 e. The van der Waals surface area contributed by atoms with Crippen LogP contribution in [0.1, 0.15) is 12.5 Å². The van der Waals surface area contributed by atoms with Gasteiger partial charge < -0.3 is 19.3 Å². The van der Waals surface area contributed by atoms with Gasteiger partial charge in [-0.3, -0.25) is 0 Å². The van der Waals surface area contributed by atoms with Crippen LogP contribution in [0.25, 0.3) is 0 Å². The highest BCUT2D eigenvalue weighted by Crippen LogP contribution is 2.22. The topological polar surface area (TPSA) is 47.9 Å². The van der Waals surface area contributed by atoms with E-state index in [-0.39, 0.29) is 0 Å². The van der Waals surface area contributed by atoms with Crippen LogP contribution in [0.15, 0.2) is 24.3 Å². The Hall–Kier alpha value is -1.10. The predicted molar refractivity (Wildman–Crippen MR) is 65.1 cm³/mol. The maximum atomic E-state index is 10.3. The first-order chi connectivity index (χ1) is 8.03. The zero-order valence-corrected chi connectivity index (χ0v) is 10.8. The van der Waals surface area contributed by atoms with Crippen LogP contribution in [-0.4, -0.2) is 38.3 Å². The van der Waals surface area contributed by atoms with Gasteiger partial charge in [0.1, 0.15) is 11.4 Å². The number of hydrogen-bond donors (Lipinski definition) is 1. The number of aliphatic hydroxyl groups is 1. The molecule has 0 bridgehead atoms. The molecule has 0 aromatic heterocycles. The van der Waals surface area contributed by atoms with Crippen molar-refractivity contribution >= 4 is 0 Å². The van der Waals surface area contributed by atoms with Gasteiger partial charge in [-0.1, -0.05) is 12.1 Å². The first-order valence-electron chi connectivity index (χ1n) is 5.44.